The molecule has 32 heavy (non-hydrogen) atoms. The van der Waals surface area contributed by atoms with Crippen molar-refractivity contribution < 1.29 is 33.4 Å². The van der Waals surface area contributed by atoms with Gasteiger partial charge < -0.3 is 19.5 Å². The fraction of sp³-hybridized carbons (Fsp3) is 0.636. The number of hydrogen-bond donors (Lipinski definition) is 1. The van der Waals surface area contributed by atoms with Crippen LogP contribution < -0.4 is 5.32 Å². The van der Waals surface area contributed by atoms with Crippen LogP contribution >= 0.6 is 11.3 Å². The first-order valence-corrected chi connectivity index (χ1v) is 11.1. The first kappa shape index (κ1) is 27.6. The standard InChI is InChI=1S/C22H34N2O7S/c1-13(2)18(19(26)23-15(20(27)30-8)11-17(25)29-7)24(6)12-14-9-10-16(32-14)21(28)31-22(3,4)5/h9-10,13,15,18H,11-12H2,1-8H3,(H,23,26)/t15-,18+/m0/s1. The lowest BCUT2D eigenvalue weighted by molar-refractivity contribution is -0.151. The van der Waals surface area contributed by atoms with Gasteiger partial charge in [0.25, 0.3) is 0 Å². The van der Waals surface area contributed by atoms with E-state index in [1.54, 1.807) is 33.9 Å². The van der Waals surface area contributed by atoms with Crippen LogP contribution in [0.5, 0.6) is 0 Å². The van der Waals surface area contributed by atoms with E-state index in [0.29, 0.717) is 11.4 Å². The number of carbonyl (C=O) groups excluding carboxylic acids is 4. The van der Waals surface area contributed by atoms with Gasteiger partial charge in [0.1, 0.15) is 16.5 Å². The Morgan fingerprint density at radius 1 is 1.09 bits per heavy atom. The Kier molecular flexibility index (Phi) is 10.3. The highest BCUT2D eigenvalue weighted by molar-refractivity contribution is 7.13. The van der Waals surface area contributed by atoms with Crippen LogP contribution in [-0.2, 0) is 35.1 Å². The average molecular weight is 471 g/mol. The van der Waals surface area contributed by atoms with E-state index in [4.69, 9.17) is 9.47 Å². The van der Waals surface area contributed by atoms with Crippen molar-refractivity contribution >= 4 is 35.2 Å². The van der Waals surface area contributed by atoms with Crippen molar-refractivity contribution in [2.75, 3.05) is 21.3 Å². The second-order valence-corrected chi connectivity index (χ2v) is 9.90. The molecule has 10 heteroatoms. The highest BCUT2D eigenvalue weighted by atomic mass is 32.1. The maximum atomic E-state index is 13.0. The molecule has 2 atom stereocenters. The summed E-state index contributed by atoms with van der Waals surface area (Å²) in [6.07, 6.45) is -0.326. The number of carbonyl (C=O) groups is 4. The Labute approximate surface area is 193 Å². The van der Waals surface area contributed by atoms with Crippen LogP contribution in [0.15, 0.2) is 12.1 Å². The number of esters is 3. The van der Waals surface area contributed by atoms with Gasteiger partial charge in [0.2, 0.25) is 5.91 Å². The number of likely N-dealkylation sites (N-methyl/N-ethyl adjacent to an activating group) is 1. The molecule has 0 aliphatic heterocycles. The Balaban J connectivity index is 2.92. The Bertz CT molecular complexity index is 813. The van der Waals surface area contributed by atoms with Gasteiger partial charge >= 0.3 is 17.9 Å². The third kappa shape index (κ3) is 8.58. The molecule has 0 saturated heterocycles. The number of methoxy groups -OCH3 is 2. The van der Waals surface area contributed by atoms with Gasteiger partial charge in [-0.25, -0.2) is 9.59 Å². The molecule has 0 aromatic carbocycles. The maximum absolute atomic E-state index is 13.0. The molecular weight excluding hydrogens is 436 g/mol. The van der Waals surface area contributed by atoms with Crippen LogP contribution in [0.4, 0.5) is 0 Å². The van der Waals surface area contributed by atoms with E-state index >= 15 is 0 Å². The van der Waals surface area contributed by atoms with Crippen LogP contribution in [0.1, 0.15) is 55.6 Å². The summed E-state index contributed by atoms with van der Waals surface area (Å²) in [7, 11) is 4.17. The van der Waals surface area contributed by atoms with Crippen LogP contribution in [0.3, 0.4) is 0 Å². The van der Waals surface area contributed by atoms with E-state index in [0.717, 1.165) is 4.88 Å². The molecule has 1 N–H and O–H groups in total. The van der Waals surface area contributed by atoms with Crippen molar-refractivity contribution in [3.05, 3.63) is 21.9 Å². The molecule has 9 nitrogen and oxygen atoms in total. The largest absolute Gasteiger partial charge is 0.469 e. The topological polar surface area (TPSA) is 111 Å². The van der Waals surface area contributed by atoms with Crippen LogP contribution in [0.2, 0.25) is 0 Å². The number of ether oxygens (including phenoxy) is 3. The second kappa shape index (κ2) is 12.0. The molecule has 0 aliphatic carbocycles. The molecule has 0 saturated carbocycles. The molecule has 0 spiro atoms. The molecule has 0 fully saturated rings. The summed E-state index contributed by atoms with van der Waals surface area (Å²) < 4.78 is 14.7. The predicted molar refractivity (Wildman–Crippen MR) is 120 cm³/mol. The van der Waals surface area contributed by atoms with Crippen molar-refractivity contribution in [2.24, 2.45) is 5.92 Å². The van der Waals surface area contributed by atoms with E-state index in [9.17, 15) is 19.2 Å². The van der Waals surface area contributed by atoms with Crippen molar-refractivity contribution in [2.45, 2.75) is 65.3 Å². The van der Waals surface area contributed by atoms with Gasteiger partial charge in [-0.15, -0.1) is 11.3 Å². The third-order valence-corrected chi connectivity index (χ3v) is 5.49. The molecule has 0 aliphatic rings. The highest BCUT2D eigenvalue weighted by Crippen LogP contribution is 2.23. The van der Waals surface area contributed by atoms with Gasteiger partial charge in [-0.3, -0.25) is 14.5 Å². The molecule has 1 rings (SSSR count). The summed E-state index contributed by atoms with van der Waals surface area (Å²) in [5, 5.41) is 2.60. The third-order valence-electron chi connectivity index (χ3n) is 4.44. The zero-order valence-corrected chi connectivity index (χ0v) is 20.8. The Hall–Kier alpha value is -2.46. The second-order valence-electron chi connectivity index (χ2n) is 8.74. The van der Waals surface area contributed by atoms with Crippen LogP contribution in [0, 0.1) is 5.92 Å². The minimum absolute atomic E-state index is 0.0956. The van der Waals surface area contributed by atoms with Crippen molar-refractivity contribution in [1.29, 1.82) is 0 Å². The van der Waals surface area contributed by atoms with Crippen molar-refractivity contribution in [3.8, 4) is 0 Å². The Morgan fingerprint density at radius 3 is 2.22 bits per heavy atom. The highest BCUT2D eigenvalue weighted by Gasteiger charge is 2.32. The first-order chi connectivity index (χ1) is 14.8. The van der Waals surface area contributed by atoms with E-state index in [2.05, 4.69) is 10.1 Å². The number of nitrogens with zero attached hydrogens (tertiary/aromatic N) is 1. The maximum Gasteiger partial charge on any atom is 0.348 e. The molecule has 1 aromatic rings. The monoisotopic (exact) mass is 470 g/mol. The zero-order chi connectivity index (χ0) is 24.6. The molecule has 1 aromatic heterocycles. The van der Waals surface area contributed by atoms with Gasteiger partial charge in [0.05, 0.1) is 26.7 Å². The quantitative estimate of drug-likeness (QED) is 0.410. The molecule has 1 amide bonds. The van der Waals surface area contributed by atoms with E-state index < -0.39 is 41.5 Å². The van der Waals surface area contributed by atoms with E-state index in [1.165, 1.54) is 25.6 Å². The fourth-order valence-electron chi connectivity index (χ4n) is 3.10. The van der Waals surface area contributed by atoms with Crippen LogP contribution in [-0.4, -0.2) is 67.7 Å². The van der Waals surface area contributed by atoms with Crippen molar-refractivity contribution in [3.63, 3.8) is 0 Å². The molecule has 180 valence electrons. The van der Waals surface area contributed by atoms with Gasteiger partial charge in [-0.2, -0.15) is 0 Å². The SMILES string of the molecule is COC(=O)C[C@H](NC(=O)[C@@H](C(C)C)N(C)Cc1ccc(C(=O)OC(C)(C)C)s1)C(=O)OC. The van der Waals surface area contributed by atoms with Gasteiger partial charge in [0.15, 0.2) is 0 Å². The fourth-order valence-corrected chi connectivity index (χ4v) is 4.05. The van der Waals surface area contributed by atoms with Gasteiger partial charge in [-0.1, -0.05) is 13.8 Å². The molecular formula is C22H34N2O7S. The molecule has 1 heterocycles. The summed E-state index contributed by atoms with van der Waals surface area (Å²) in [6, 6.07) is 1.79. The predicted octanol–water partition coefficient (Wildman–Crippen LogP) is 2.38. The summed E-state index contributed by atoms with van der Waals surface area (Å²) in [4.78, 5) is 52.1. The minimum atomic E-state index is -1.14. The van der Waals surface area contributed by atoms with E-state index in [-0.39, 0.29) is 12.3 Å². The lowest BCUT2D eigenvalue weighted by Gasteiger charge is -2.31. The molecule has 0 radical (unpaired) electrons. The number of nitrogens with one attached hydrogen (secondary N) is 1. The first-order valence-electron chi connectivity index (χ1n) is 10.3. The minimum Gasteiger partial charge on any atom is -0.469 e. The summed E-state index contributed by atoms with van der Waals surface area (Å²) in [5.41, 5.74) is -0.584. The zero-order valence-electron chi connectivity index (χ0n) is 20.0. The number of rotatable bonds is 10. The van der Waals surface area contributed by atoms with Crippen LogP contribution in [0.25, 0.3) is 0 Å². The summed E-state index contributed by atoms with van der Waals surface area (Å²) in [5.74, 6) is -2.26. The molecule has 0 unspecified atom stereocenters. The van der Waals surface area contributed by atoms with Gasteiger partial charge in [-0.05, 0) is 45.9 Å². The number of amides is 1. The normalized spacial score (nSPS) is 13.4. The molecule has 0 bridgehead atoms. The lowest BCUT2D eigenvalue weighted by Crippen LogP contribution is -2.53. The summed E-state index contributed by atoms with van der Waals surface area (Å²) >= 11 is 1.30. The van der Waals surface area contributed by atoms with Crippen molar-refractivity contribution in [1.82, 2.24) is 10.2 Å². The smallest absolute Gasteiger partial charge is 0.348 e. The number of hydrogen-bond acceptors (Lipinski definition) is 9. The average Bonchev–Trinajstić information content (AvgIpc) is 3.13. The van der Waals surface area contributed by atoms with E-state index in [1.807, 2.05) is 24.8 Å². The number of thiophene rings is 1. The lowest BCUT2D eigenvalue weighted by atomic mass is 10.0. The Morgan fingerprint density at radius 2 is 1.72 bits per heavy atom. The van der Waals surface area contributed by atoms with Gasteiger partial charge in [0, 0.05) is 11.4 Å². The summed E-state index contributed by atoms with van der Waals surface area (Å²) in [6.45, 7) is 9.59.